The van der Waals surface area contributed by atoms with Crippen LogP contribution in [-0.4, -0.2) is 64.2 Å². The van der Waals surface area contributed by atoms with Crippen molar-refractivity contribution in [1.29, 1.82) is 0 Å². The van der Waals surface area contributed by atoms with Crippen LogP contribution in [0, 0.1) is 0 Å². The van der Waals surface area contributed by atoms with Crippen molar-refractivity contribution in [3.8, 4) is 11.5 Å². The fraction of sp³-hybridized carbons (Fsp3) is 0.267. The number of rotatable bonds is 11. The smallest absolute Gasteiger partial charge is 0.247 e. The molecule has 10 nitrogen and oxygen atoms in total. The van der Waals surface area contributed by atoms with Crippen molar-refractivity contribution in [1.82, 2.24) is 19.9 Å². The number of halogens is 1. The van der Waals surface area contributed by atoms with Gasteiger partial charge in [-0.3, -0.25) is 14.7 Å². The lowest BCUT2D eigenvalue weighted by atomic mass is 10.1. The Balaban J connectivity index is 1.19. The third-order valence-electron chi connectivity index (χ3n) is 7.13. The highest BCUT2D eigenvalue weighted by Gasteiger charge is 2.38. The van der Waals surface area contributed by atoms with Crippen molar-refractivity contribution in [2.75, 3.05) is 36.9 Å². The molecule has 2 aliphatic rings. The average molecular weight is 573 g/mol. The summed E-state index contributed by atoms with van der Waals surface area (Å²) >= 11 is 6.51. The molecule has 2 aromatic heterocycles. The van der Waals surface area contributed by atoms with Gasteiger partial charge in [0.2, 0.25) is 5.91 Å². The summed E-state index contributed by atoms with van der Waals surface area (Å²) in [6.45, 7) is 6.82. The molecule has 4 heterocycles. The maximum absolute atomic E-state index is 12.2. The molecule has 6 rings (SSSR count). The molecular weight excluding hydrogens is 544 g/mol. The standard InChI is InChI=1S/C30H29ClN6O4/c1-2-29(38)36-26-13-23-25(14-28(26)39-10-9-37-15-22-12-21(37)17-40-22)33-18-34-30(23)35-19-6-7-27(24(31)11-19)41-16-20-5-3-4-8-32-20/h2-8,11,13-14,18,21-22H,1,9-10,12,15-17H2,(H,36,38)(H,33,34,35). The number of likely N-dealkylation sites (tertiary alicyclic amines) is 1. The van der Waals surface area contributed by atoms with Gasteiger partial charge in [0.15, 0.2) is 0 Å². The van der Waals surface area contributed by atoms with E-state index in [1.807, 2.05) is 30.3 Å². The van der Waals surface area contributed by atoms with Crippen molar-refractivity contribution in [2.45, 2.75) is 25.2 Å². The zero-order valence-corrected chi connectivity index (χ0v) is 23.0. The Bertz CT molecular complexity index is 1570. The minimum atomic E-state index is -0.345. The number of hydrogen-bond acceptors (Lipinski definition) is 9. The summed E-state index contributed by atoms with van der Waals surface area (Å²) in [5.41, 5.74) is 2.67. The first kappa shape index (κ1) is 26.9. The van der Waals surface area contributed by atoms with Gasteiger partial charge in [0.05, 0.1) is 34.6 Å². The maximum Gasteiger partial charge on any atom is 0.247 e. The average Bonchev–Trinajstić information content (AvgIpc) is 3.61. The molecule has 2 bridgehead atoms. The van der Waals surface area contributed by atoms with Gasteiger partial charge >= 0.3 is 0 Å². The molecule has 2 saturated heterocycles. The number of nitrogens with zero attached hydrogens (tertiary/aromatic N) is 4. The molecule has 210 valence electrons. The molecule has 2 unspecified atom stereocenters. The van der Waals surface area contributed by atoms with E-state index in [0.29, 0.717) is 70.0 Å². The van der Waals surface area contributed by atoms with Gasteiger partial charge in [0.1, 0.15) is 36.9 Å². The lowest BCUT2D eigenvalue weighted by Gasteiger charge is -2.26. The van der Waals surface area contributed by atoms with E-state index in [2.05, 4.69) is 37.1 Å². The number of hydrogen-bond donors (Lipinski definition) is 2. The van der Waals surface area contributed by atoms with Crippen LogP contribution in [0.2, 0.25) is 5.02 Å². The second-order valence-electron chi connectivity index (χ2n) is 9.85. The summed E-state index contributed by atoms with van der Waals surface area (Å²) in [5, 5.41) is 7.29. The summed E-state index contributed by atoms with van der Waals surface area (Å²) in [4.78, 5) is 27.8. The molecule has 0 radical (unpaired) electrons. The number of pyridine rings is 1. The molecule has 2 aliphatic heterocycles. The Morgan fingerprint density at radius 3 is 2.83 bits per heavy atom. The first-order valence-corrected chi connectivity index (χ1v) is 13.7. The van der Waals surface area contributed by atoms with E-state index < -0.39 is 0 Å². The third-order valence-corrected chi connectivity index (χ3v) is 7.42. The topological polar surface area (TPSA) is 111 Å². The number of ether oxygens (including phenoxy) is 3. The number of carbonyl (C=O) groups is 1. The number of anilines is 3. The van der Waals surface area contributed by atoms with Gasteiger partial charge in [-0.2, -0.15) is 0 Å². The van der Waals surface area contributed by atoms with Gasteiger partial charge in [0.25, 0.3) is 0 Å². The molecule has 11 heteroatoms. The Labute approximate surface area is 242 Å². The minimum Gasteiger partial charge on any atom is -0.490 e. The van der Waals surface area contributed by atoms with E-state index in [1.54, 1.807) is 24.4 Å². The maximum atomic E-state index is 12.2. The molecule has 0 aliphatic carbocycles. The van der Waals surface area contributed by atoms with Crippen molar-refractivity contribution in [3.63, 3.8) is 0 Å². The molecule has 2 fully saturated rings. The molecule has 2 N–H and O–H groups in total. The van der Waals surface area contributed by atoms with Crippen LogP contribution in [0.25, 0.3) is 10.9 Å². The highest BCUT2D eigenvalue weighted by Crippen LogP contribution is 2.35. The Morgan fingerprint density at radius 1 is 1.15 bits per heavy atom. The number of nitrogens with one attached hydrogen (secondary N) is 2. The zero-order valence-electron chi connectivity index (χ0n) is 22.3. The van der Waals surface area contributed by atoms with Gasteiger partial charge in [0, 0.05) is 42.5 Å². The van der Waals surface area contributed by atoms with Gasteiger partial charge < -0.3 is 24.8 Å². The Kier molecular flexibility index (Phi) is 7.95. The lowest BCUT2D eigenvalue weighted by Crippen LogP contribution is -2.39. The molecule has 0 spiro atoms. The zero-order chi connectivity index (χ0) is 28.2. The van der Waals surface area contributed by atoms with E-state index in [-0.39, 0.29) is 5.91 Å². The van der Waals surface area contributed by atoms with Crippen LogP contribution in [0.4, 0.5) is 17.2 Å². The number of benzene rings is 2. The Morgan fingerprint density at radius 2 is 2.07 bits per heavy atom. The molecule has 0 saturated carbocycles. The van der Waals surface area contributed by atoms with E-state index >= 15 is 0 Å². The monoisotopic (exact) mass is 572 g/mol. The summed E-state index contributed by atoms with van der Waals surface area (Å²) in [5.74, 6) is 1.26. The first-order valence-electron chi connectivity index (χ1n) is 13.4. The van der Waals surface area contributed by atoms with E-state index in [1.165, 1.54) is 12.4 Å². The van der Waals surface area contributed by atoms with Crippen LogP contribution in [0.5, 0.6) is 11.5 Å². The van der Waals surface area contributed by atoms with Crippen LogP contribution in [0.15, 0.2) is 73.7 Å². The van der Waals surface area contributed by atoms with Crippen LogP contribution in [-0.2, 0) is 16.1 Å². The third kappa shape index (κ3) is 6.25. The summed E-state index contributed by atoms with van der Waals surface area (Å²) in [7, 11) is 0. The highest BCUT2D eigenvalue weighted by atomic mass is 35.5. The quantitative estimate of drug-likeness (QED) is 0.240. The largest absolute Gasteiger partial charge is 0.490 e. The second-order valence-corrected chi connectivity index (χ2v) is 10.3. The predicted octanol–water partition coefficient (Wildman–Crippen LogP) is 4.98. The van der Waals surface area contributed by atoms with E-state index in [0.717, 1.165) is 31.8 Å². The van der Waals surface area contributed by atoms with Gasteiger partial charge in [-0.25, -0.2) is 9.97 Å². The van der Waals surface area contributed by atoms with Gasteiger partial charge in [-0.1, -0.05) is 24.2 Å². The molecular formula is C30H29ClN6O4. The predicted molar refractivity (Wildman–Crippen MR) is 157 cm³/mol. The molecule has 2 atom stereocenters. The number of aromatic nitrogens is 3. The normalized spacial score (nSPS) is 17.9. The van der Waals surface area contributed by atoms with Gasteiger partial charge in [-0.05, 0) is 48.9 Å². The van der Waals surface area contributed by atoms with Crippen molar-refractivity contribution < 1.29 is 19.0 Å². The van der Waals surface area contributed by atoms with Crippen molar-refractivity contribution >= 4 is 45.6 Å². The number of morpholine rings is 1. The van der Waals surface area contributed by atoms with Crippen LogP contribution in [0.1, 0.15) is 12.1 Å². The number of amides is 1. The van der Waals surface area contributed by atoms with Crippen LogP contribution >= 0.6 is 11.6 Å². The summed E-state index contributed by atoms with van der Waals surface area (Å²) < 4.78 is 17.7. The highest BCUT2D eigenvalue weighted by molar-refractivity contribution is 6.32. The molecule has 41 heavy (non-hydrogen) atoms. The van der Waals surface area contributed by atoms with Crippen molar-refractivity contribution in [2.24, 2.45) is 0 Å². The number of carbonyl (C=O) groups excluding carboxylic acids is 1. The SMILES string of the molecule is C=CC(=O)Nc1cc2c(Nc3ccc(OCc4ccccn4)c(Cl)c3)ncnc2cc1OCCN1CC2CC1CO2. The molecule has 4 aromatic rings. The molecule has 2 aromatic carbocycles. The molecule has 1 amide bonds. The van der Waals surface area contributed by atoms with E-state index in [9.17, 15) is 4.79 Å². The van der Waals surface area contributed by atoms with Crippen LogP contribution < -0.4 is 20.1 Å². The minimum absolute atomic E-state index is 0.307. The Hall–Kier alpha value is -4.25. The number of fused-ring (bicyclic) bond motifs is 3. The van der Waals surface area contributed by atoms with Gasteiger partial charge in [-0.15, -0.1) is 0 Å². The fourth-order valence-corrected chi connectivity index (χ4v) is 5.31. The lowest BCUT2D eigenvalue weighted by molar-refractivity contribution is -0.111. The van der Waals surface area contributed by atoms with Crippen LogP contribution in [0.3, 0.4) is 0 Å². The second kappa shape index (κ2) is 12.1. The van der Waals surface area contributed by atoms with Crippen molar-refractivity contribution in [3.05, 3.63) is 84.4 Å². The summed E-state index contributed by atoms with van der Waals surface area (Å²) in [6.07, 6.45) is 5.82. The first-order chi connectivity index (χ1) is 20.1. The summed E-state index contributed by atoms with van der Waals surface area (Å²) in [6, 6.07) is 15.1. The fourth-order valence-electron chi connectivity index (χ4n) is 5.08. The van der Waals surface area contributed by atoms with E-state index in [4.69, 9.17) is 25.8 Å².